The molecule has 0 saturated carbocycles. The summed E-state index contributed by atoms with van der Waals surface area (Å²) in [6.07, 6.45) is 3.27. The molecule has 1 atom stereocenters. The minimum atomic E-state index is -0.324. The lowest BCUT2D eigenvalue weighted by molar-refractivity contribution is -0.121. The van der Waals surface area contributed by atoms with Crippen LogP contribution in [0.4, 0.5) is 0 Å². The first kappa shape index (κ1) is 15.2. The van der Waals surface area contributed by atoms with Crippen LogP contribution in [0.2, 0.25) is 0 Å². The van der Waals surface area contributed by atoms with E-state index < -0.39 is 0 Å². The number of rotatable bonds is 7. The number of aliphatic hydroxyl groups excluding tert-OH is 1. The van der Waals surface area contributed by atoms with Crippen LogP contribution in [0.3, 0.4) is 0 Å². The predicted octanol–water partition coefficient (Wildman–Crippen LogP) is 0.0208. The molecule has 0 aromatic carbocycles. The van der Waals surface area contributed by atoms with E-state index in [1.165, 1.54) is 4.40 Å². The average molecular weight is 292 g/mol. The average Bonchev–Trinajstić information content (AvgIpc) is 2.80. The van der Waals surface area contributed by atoms with Crippen LogP contribution in [-0.4, -0.2) is 38.3 Å². The highest BCUT2D eigenvalue weighted by atomic mass is 16.3. The monoisotopic (exact) mass is 292 g/mol. The molecule has 0 fully saturated rings. The summed E-state index contributed by atoms with van der Waals surface area (Å²) in [6, 6.07) is 5.24. The first-order valence-electron chi connectivity index (χ1n) is 7.03. The molecule has 2 heterocycles. The zero-order valence-corrected chi connectivity index (χ0v) is 12.0. The second kappa shape index (κ2) is 7.03. The van der Waals surface area contributed by atoms with Crippen molar-refractivity contribution in [2.45, 2.75) is 26.3 Å². The van der Waals surface area contributed by atoms with Crippen LogP contribution in [-0.2, 0) is 11.3 Å². The predicted molar refractivity (Wildman–Crippen MR) is 77.9 cm³/mol. The van der Waals surface area contributed by atoms with Crippen molar-refractivity contribution < 1.29 is 9.90 Å². The van der Waals surface area contributed by atoms with E-state index in [0.29, 0.717) is 12.2 Å². The Kier molecular flexibility index (Phi) is 5.10. The maximum Gasteiger partial charge on any atom is 0.350 e. The Hall–Kier alpha value is -2.15. The van der Waals surface area contributed by atoms with E-state index in [9.17, 15) is 9.59 Å². The first-order chi connectivity index (χ1) is 10.1. The van der Waals surface area contributed by atoms with E-state index >= 15 is 0 Å². The maximum atomic E-state index is 12.0. The highest BCUT2D eigenvalue weighted by molar-refractivity contribution is 5.75. The van der Waals surface area contributed by atoms with Crippen molar-refractivity contribution in [2.75, 3.05) is 13.2 Å². The van der Waals surface area contributed by atoms with Gasteiger partial charge in [-0.15, -0.1) is 5.10 Å². The van der Waals surface area contributed by atoms with Gasteiger partial charge in [0, 0.05) is 19.3 Å². The van der Waals surface area contributed by atoms with Crippen LogP contribution in [0.5, 0.6) is 0 Å². The molecule has 0 aliphatic heterocycles. The number of pyridine rings is 1. The highest BCUT2D eigenvalue weighted by Gasteiger charge is 2.09. The minimum Gasteiger partial charge on any atom is -0.396 e. The summed E-state index contributed by atoms with van der Waals surface area (Å²) in [7, 11) is 0. The van der Waals surface area contributed by atoms with E-state index in [1.54, 1.807) is 24.4 Å². The van der Waals surface area contributed by atoms with E-state index in [0.717, 1.165) is 17.5 Å². The number of amides is 1. The van der Waals surface area contributed by atoms with Crippen LogP contribution in [0.25, 0.3) is 5.65 Å². The third-order valence-electron chi connectivity index (χ3n) is 3.29. The fourth-order valence-electron chi connectivity index (χ4n) is 2.03. The SMILES string of the molecule is CC(CO)CCCNC(=O)Cn1nc2ccccn2c1=O. The van der Waals surface area contributed by atoms with Gasteiger partial charge in [0.05, 0.1) is 0 Å². The summed E-state index contributed by atoms with van der Waals surface area (Å²) in [5, 5.41) is 15.7. The molecule has 2 aromatic rings. The third kappa shape index (κ3) is 3.91. The molecule has 7 nitrogen and oxygen atoms in total. The zero-order valence-electron chi connectivity index (χ0n) is 12.0. The van der Waals surface area contributed by atoms with Crippen LogP contribution < -0.4 is 11.0 Å². The number of nitrogens with zero attached hydrogens (tertiary/aromatic N) is 3. The van der Waals surface area contributed by atoms with Crippen molar-refractivity contribution in [3.8, 4) is 0 Å². The minimum absolute atomic E-state index is 0.0872. The Morgan fingerprint density at radius 1 is 1.48 bits per heavy atom. The number of hydrogen-bond donors (Lipinski definition) is 2. The molecule has 0 saturated heterocycles. The molecule has 114 valence electrons. The van der Waals surface area contributed by atoms with E-state index in [2.05, 4.69) is 10.4 Å². The van der Waals surface area contributed by atoms with Crippen molar-refractivity contribution in [2.24, 2.45) is 5.92 Å². The lowest BCUT2D eigenvalue weighted by atomic mass is 10.1. The molecule has 7 heteroatoms. The number of hydrogen-bond acceptors (Lipinski definition) is 4. The van der Waals surface area contributed by atoms with Crippen LogP contribution >= 0.6 is 0 Å². The Morgan fingerprint density at radius 3 is 3.00 bits per heavy atom. The van der Waals surface area contributed by atoms with Gasteiger partial charge in [0.2, 0.25) is 5.91 Å². The third-order valence-corrected chi connectivity index (χ3v) is 3.29. The Bertz CT molecular complexity index is 662. The molecule has 0 radical (unpaired) electrons. The molecule has 2 rings (SSSR count). The molecular weight excluding hydrogens is 272 g/mol. The van der Waals surface area contributed by atoms with Gasteiger partial charge in [-0.2, -0.15) is 0 Å². The van der Waals surface area contributed by atoms with Crippen molar-refractivity contribution in [3.05, 3.63) is 34.9 Å². The van der Waals surface area contributed by atoms with Crippen molar-refractivity contribution in [1.29, 1.82) is 0 Å². The Balaban J connectivity index is 1.87. The lowest BCUT2D eigenvalue weighted by Gasteiger charge is -2.08. The number of aliphatic hydroxyl groups is 1. The Labute approximate surface area is 122 Å². The van der Waals surface area contributed by atoms with E-state index in [4.69, 9.17) is 5.11 Å². The molecule has 0 aliphatic carbocycles. The van der Waals surface area contributed by atoms with Gasteiger partial charge in [-0.3, -0.25) is 9.20 Å². The van der Waals surface area contributed by atoms with Crippen molar-refractivity contribution in [3.63, 3.8) is 0 Å². The Morgan fingerprint density at radius 2 is 2.29 bits per heavy atom. The molecule has 2 aromatic heterocycles. The summed E-state index contributed by atoms with van der Waals surface area (Å²) >= 11 is 0. The van der Waals surface area contributed by atoms with Crippen molar-refractivity contribution >= 4 is 11.6 Å². The molecule has 0 spiro atoms. The van der Waals surface area contributed by atoms with Gasteiger partial charge in [-0.1, -0.05) is 13.0 Å². The van der Waals surface area contributed by atoms with Gasteiger partial charge in [-0.05, 0) is 30.9 Å². The van der Waals surface area contributed by atoms with Crippen LogP contribution in [0.1, 0.15) is 19.8 Å². The second-order valence-electron chi connectivity index (χ2n) is 5.15. The fourth-order valence-corrected chi connectivity index (χ4v) is 2.03. The van der Waals surface area contributed by atoms with E-state index in [1.807, 2.05) is 6.92 Å². The summed E-state index contributed by atoms with van der Waals surface area (Å²) in [6.45, 7) is 2.56. The van der Waals surface area contributed by atoms with Gasteiger partial charge in [0.15, 0.2) is 5.65 Å². The molecule has 21 heavy (non-hydrogen) atoms. The quantitative estimate of drug-likeness (QED) is 0.704. The lowest BCUT2D eigenvalue weighted by Crippen LogP contribution is -2.33. The van der Waals surface area contributed by atoms with Gasteiger partial charge >= 0.3 is 5.69 Å². The summed E-state index contributed by atoms with van der Waals surface area (Å²) in [5.74, 6) is 0.000110. The number of carbonyl (C=O) groups excluding carboxylic acids is 1. The van der Waals surface area contributed by atoms with Gasteiger partial charge in [0.25, 0.3) is 0 Å². The summed E-state index contributed by atoms with van der Waals surface area (Å²) < 4.78 is 2.55. The van der Waals surface area contributed by atoms with Gasteiger partial charge in [0.1, 0.15) is 6.54 Å². The molecular formula is C14H20N4O3. The number of aromatic nitrogens is 3. The zero-order chi connectivity index (χ0) is 15.2. The largest absolute Gasteiger partial charge is 0.396 e. The topological polar surface area (TPSA) is 88.6 Å². The fraction of sp³-hybridized carbons (Fsp3) is 0.500. The van der Waals surface area contributed by atoms with Crippen molar-refractivity contribution in [1.82, 2.24) is 19.5 Å². The first-order valence-corrected chi connectivity index (χ1v) is 7.03. The number of nitrogens with one attached hydrogen (secondary N) is 1. The normalized spacial score (nSPS) is 12.5. The molecule has 1 amide bonds. The second-order valence-corrected chi connectivity index (χ2v) is 5.15. The molecule has 1 unspecified atom stereocenters. The van der Waals surface area contributed by atoms with Crippen LogP contribution in [0.15, 0.2) is 29.2 Å². The highest BCUT2D eigenvalue weighted by Crippen LogP contribution is 2.02. The van der Waals surface area contributed by atoms with Gasteiger partial charge < -0.3 is 10.4 Å². The maximum absolute atomic E-state index is 12.0. The molecule has 2 N–H and O–H groups in total. The molecule has 0 bridgehead atoms. The van der Waals surface area contributed by atoms with Crippen LogP contribution in [0, 0.1) is 5.92 Å². The molecule has 0 aliphatic rings. The standard InChI is InChI=1S/C14H20N4O3/c1-11(10-19)5-4-7-15-13(20)9-18-14(21)17-8-3-2-6-12(17)16-18/h2-3,6,8,11,19H,4-5,7,9-10H2,1H3,(H,15,20). The number of fused-ring (bicyclic) bond motifs is 1. The summed E-state index contributed by atoms with van der Waals surface area (Å²) in [4.78, 5) is 23.8. The van der Waals surface area contributed by atoms with Gasteiger partial charge in [-0.25, -0.2) is 9.48 Å². The van der Waals surface area contributed by atoms with E-state index in [-0.39, 0.29) is 30.7 Å². The number of carbonyl (C=O) groups is 1. The smallest absolute Gasteiger partial charge is 0.350 e. The summed E-state index contributed by atoms with van der Waals surface area (Å²) in [5.41, 5.74) is 0.196.